The number of fused-ring (bicyclic) bond motifs is 2. The Morgan fingerprint density at radius 1 is 1.09 bits per heavy atom. The van der Waals surface area contributed by atoms with Gasteiger partial charge in [0.25, 0.3) is 0 Å². The molecule has 4 nitrogen and oxygen atoms in total. The number of rotatable bonds is 1. The van der Waals surface area contributed by atoms with Crippen molar-refractivity contribution in [3.63, 3.8) is 0 Å². The lowest BCUT2D eigenvalue weighted by atomic mass is 9.81. The van der Waals surface area contributed by atoms with Crippen LogP contribution in [0.5, 0.6) is 0 Å². The van der Waals surface area contributed by atoms with Gasteiger partial charge in [-0.2, -0.15) is 0 Å². The minimum absolute atomic E-state index is 0. The van der Waals surface area contributed by atoms with Gasteiger partial charge in [-0.3, -0.25) is 4.79 Å². The number of amides is 1. The number of carbonyl (C=O) groups excluding carboxylic acids is 1. The molecule has 2 N–H and O–H groups in total. The van der Waals surface area contributed by atoms with E-state index in [1.54, 1.807) is 0 Å². The molecule has 1 amide bonds. The molecule has 1 saturated carbocycles. The topological polar surface area (TPSA) is 55.6 Å². The van der Waals surface area contributed by atoms with Crippen molar-refractivity contribution in [1.29, 1.82) is 0 Å². The first kappa shape index (κ1) is 16.7. The van der Waals surface area contributed by atoms with Gasteiger partial charge in [0.2, 0.25) is 5.91 Å². The van der Waals surface area contributed by atoms with Crippen molar-refractivity contribution in [2.75, 3.05) is 24.7 Å². The lowest BCUT2D eigenvalue weighted by Crippen LogP contribution is -2.58. The molecule has 126 valence electrons. The minimum Gasteiger partial charge on any atom is -0.381 e. The van der Waals surface area contributed by atoms with Gasteiger partial charge in [0, 0.05) is 30.9 Å². The summed E-state index contributed by atoms with van der Waals surface area (Å²) in [6, 6.07) is 8.42. The van der Waals surface area contributed by atoms with Crippen molar-refractivity contribution in [3.8, 4) is 0 Å². The Labute approximate surface area is 143 Å². The molecule has 1 saturated heterocycles. The fraction of sp³-hybridized carbons (Fsp3) is 0.611. The number of carbonyl (C=O) groups is 1. The summed E-state index contributed by atoms with van der Waals surface area (Å²) in [5, 5.41) is 0. The van der Waals surface area contributed by atoms with E-state index in [-0.39, 0.29) is 23.7 Å². The Hall–Kier alpha value is -1.10. The Morgan fingerprint density at radius 3 is 2.43 bits per heavy atom. The summed E-state index contributed by atoms with van der Waals surface area (Å²) < 4.78 is 5.39. The van der Waals surface area contributed by atoms with Crippen LogP contribution in [0.1, 0.15) is 44.1 Å². The normalized spacial score (nSPS) is 24.3. The van der Waals surface area contributed by atoms with Gasteiger partial charge in [-0.05, 0) is 37.3 Å². The van der Waals surface area contributed by atoms with Crippen molar-refractivity contribution < 1.29 is 9.53 Å². The summed E-state index contributed by atoms with van der Waals surface area (Å²) in [5.74, 6) is 0.0898. The van der Waals surface area contributed by atoms with Gasteiger partial charge in [0.05, 0.1) is 0 Å². The number of nitrogens with zero attached hydrogens (tertiary/aromatic N) is 1. The molecule has 2 aliphatic heterocycles. The van der Waals surface area contributed by atoms with E-state index in [1.165, 1.54) is 31.2 Å². The summed E-state index contributed by atoms with van der Waals surface area (Å²) in [7, 11) is 0. The summed E-state index contributed by atoms with van der Waals surface area (Å²) in [6.07, 6.45) is 6.15. The van der Waals surface area contributed by atoms with Gasteiger partial charge < -0.3 is 15.4 Å². The highest BCUT2D eigenvalue weighted by molar-refractivity contribution is 6.02. The zero-order chi connectivity index (χ0) is 15.2. The molecule has 1 spiro atoms. The first-order valence-electron chi connectivity index (χ1n) is 8.43. The van der Waals surface area contributed by atoms with E-state index in [4.69, 9.17) is 10.5 Å². The SMILES string of the molecule is Cl.NC1(C(=O)N2CC3(CCCC3)c3ccccc32)CCOCC1. The first-order chi connectivity index (χ1) is 10.6. The monoisotopic (exact) mass is 336 g/mol. The molecule has 5 heteroatoms. The van der Waals surface area contributed by atoms with Crippen molar-refractivity contribution >= 4 is 24.0 Å². The number of halogens is 1. The van der Waals surface area contributed by atoms with E-state index in [2.05, 4.69) is 18.2 Å². The maximum Gasteiger partial charge on any atom is 0.247 e. The number of para-hydroxylation sites is 1. The summed E-state index contributed by atoms with van der Waals surface area (Å²) in [4.78, 5) is 15.1. The van der Waals surface area contributed by atoms with Crippen LogP contribution in [-0.2, 0) is 14.9 Å². The van der Waals surface area contributed by atoms with Crippen LogP contribution in [0, 0.1) is 0 Å². The highest BCUT2D eigenvalue weighted by atomic mass is 35.5. The Morgan fingerprint density at radius 2 is 1.74 bits per heavy atom. The standard InChI is InChI=1S/C18H24N2O2.ClH/c19-18(9-11-22-12-10-18)16(21)20-13-17(7-3-4-8-17)14-5-1-2-6-15(14)20;/h1-2,5-6H,3-4,7-13,19H2;1H. The minimum atomic E-state index is -0.754. The maximum absolute atomic E-state index is 13.2. The van der Waals surface area contributed by atoms with E-state index in [0.717, 1.165) is 12.2 Å². The number of hydrogen-bond acceptors (Lipinski definition) is 3. The molecule has 0 atom stereocenters. The number of nitrogens with two attached hydrogens (primary N) is 1. The van der Waals surface area contributed by atoms with Crippen molar-refractivity contribution in [2.24, 2.45) is 5.73 Å². The van der Waals surface area contributed by atoms with Crippen molar-refractivity contribution in [3.05, 3.63) is 29.8 Å². The second kappa shape index (κ2) is 6.08. The van der Waals surface area contributed by atoms with Crippen LogP contribution in [0.25, 0.3) is 0 Å². The second-order valence-corrected chi connectivity index (χ2v) is 7.16. The third-order valence-corrected chi connectivity index (χ3v) is 5.84. The highest BCUT2D eigenvalue weighted by Crippen LogP contribution is 2.50. The Kier molecular flexibility index (Phi) is 4.43. The molecular formula is C18H25ClN2O2. The maximum atomic E-state index is 13.2. The fourth-order valence-electron chi connectivity index (χ4n) is 4.51. The largest absolute Gasteiger partial charge is 0.381 e. The second-order valence-electron chi connectivity index (χ2n) is 7.16. The lowest BCUT2D eigenvalue weighted by Gasteiger charge is -2.36. The molecule has 0 unspecified atom stereocenters. The third kappa shape index (κ3) is 2.57. The first-order valence-corrected chi connectivity index (χ1v) is 8.43. The average Bonchev–Trinajstić information content (AvgIpc) is 3.14. The molecule has 1 aliphatic carbocycles. The number of benzene rings is 1. The Balaban J connectivity index is 0.00000156. The molecule has 0 radical (unpaired) electrons. The molecule has 0 aromatic heterocycles. The molecular weight excluding hydrogens is 312 g/mol. The molecule has 2 heterocycles. The van der Waals surface area contributed by atoms with E-state index in [1.807, 2.05) is 11.0 Å². The molecule has 0 bridgehead atoms. The van der Waals surface area contributed by atoms with Crippen LogP contribution < -0.4 is 10.6 Å². The predicted octanol–water partition coefficient (Wildman–Crippen LogP) is 2.77. The van der Waals surface area contributed by atoms with Gasteiger partial charge >= 0.3 is 0 Å². The van der Waals surface area contributed by atoms with Gasteiger partial charge in [0.15, 0.2) is 0 Å². The van der Waals surface area contributed by atoms with Gasteiger partial charge in [-0.1, -0.05) is 31.0 Å². The fourth-order valence-corrected chi connectivity index (χ4v) is 4.51. The van der Waals surface area contributed by atoms with Crippen LogP contribution in [0.2, 0.25) is 0 Å². The highest BCUT2D eigenvalue weighted by Gasteiger charge is 2.49. The van der Waals surface area contributed by atoms with Crippen LogP contribution in [0.15, 0.2) is 24.3 Å². The quantitative estimate of drug-likeness (QED) is 0.858. The average molecular weight is 337 g/mol. The van der Waals surface area contributed by atoms with E-state index in [0.29, 0.717) is 26.1 Å². The van der Waals surface area contributed by atoms with E-state index < -0.39 is 5.54 Å². The van der Waals surface area contributed by atoms with Crippen molar-refractivity contribution in [1.82, 2.24) is 0 Å². The van der Waals surface area contributed by atoms with Crippen molar-refractivity contribution in [2.45, 2.75) is 49.5 Å². The molecule has 1 aromatic rings. The van der Waals surface area contributed by atoms with E-state index in [9.17, 15) is 4.79 Å². The van der Waals surface area contributed by atoms with E-state index >= 15 is 0 Å². The Bertz CT molecular complexity index is 592. The number of anilines is 1. The van der Waals surface area contributed by atoms with Crippen LogP contribution in [-0.4, -0.2) is 31.2 Å². The van der Waals surface area contributed by atoms with Crippen LogP contribution >= 0.6 is 12.4 Å². The summed E-state index contributed by atoms with van der Waals surface area (Å²) in [6.45, 7) is 1.98. The van der Waals surface area contributed by atoms with Gasteiger partial charge in [0.1, 0.15) is 5.54 Å². The molecule has 2 fully saturated rings. The molecule has 23 heavy (non-hydrogen) atoms. The zero-order valence-electron chi connectivity index (χ0n) is 13.4. The van der Waals surface area contributed by atoms with Gasteiger partial charge in [-0.15, -0.1) is 12.4 Å². The zero-order valence-corrected chi connectivity index (χ0v) is 14.2. The predicted molar refractivity (Wildman–Crippen MR) is 93.2 cm³/mol. The number of hydrogen-bond donors (Lipinski definition) is 1. The van der Waals surface area contributed by atoms with Crippen LogP contribution in [0.4, 0.5) is 5.69 Å². The third-order valence-electron chi connectivity index (χ3n) is 5.84. The molecule has 1 aromatic carbocycles. The van der Waals surface area contributed by atoms with Crippen LogP contribution in [0.3, 0.4) is 0 Å². The molecule has 3 aliphatic rings. The lowest BCUT2D eigenvalue weighted by molar-refractivity contribution is -0.127. The smallest absolute Gasteiger partial charge is 0.247 e. The molecule has 4 rings (SSSR count). The summed E-state index contributed by atoms with van der Waals surface area (Å²) in [5.41, 5.74) is 8.32. The summed E-state index contributed by atoms with van der Waals surface area (Å²) >= 11 is 0. The van der Waals surface area contributed by atoms with Gasteiger partial charge in [-0.25, -0.2) is 0 Å². The number of ether oxygens (including phenoxy) is 1.